The van der Waals surface area contributed by atoms with Crippen molar-refractivity contribution in [3.8, 4) is 0 Å². The lowest BCUT2D eigenvalue weighted by atomic mass is 9.93. The largest absolute Gasteiger partial charge is 0.383 e. The van der Waals surface area contributed by atoms with Gasteiger partial charge in [-0.05, 0) is 42.3 Å². The lowest BCUT2D eigenvalue weighted by Crippen LogP contribution is -2.34. The normalized spacial score (nSPS) is 20.1. The fraction of sp³-hybridized carbons (Fsp3) is 0.211. The van der Waals surface area contributed by atoms with Gasteiger partial charge < -0.3 is 15.0 Å². The number of nitrogens with one attached hydrogen (secondary N) is 1. The van der Waals surface area contributed by atoms with Crippen LogP contribution in [-0.2, 0) is 5.60 Å². The van der Waals surface area contributed by atoms with E-state index < -0.39 is 5.60 Å². The van der Waals surface area contributed by atoms with Crippen LogP contribution in [0.15, 0.2) is 42.5 Å². The van der Waals surface area contributed by atoms with Gasteiger partial charge in [0.25, 0.3) is 5.91 Å². The number of hydrogen-bond donors (Lipinski definition) is 2. The van der Waals surface area contributed by atoms with Crippen LogP contribution in [-0.4, -0.2) is 34.0 Å². The van der Waals surface area contributed by atoms with Crippen molar-refractivity contribution >= 4 is 40.0 Å². The van der Waals surface area contributed by atoms with Gasteiger partial charge in [0, 0.05) is 22.5 Å². The van der Waals surface area contributed by atoms with E-state index in [0.717, 1.165) is 5.52 Å². The molecular weight excluding hydrogens is 378 g/mol. The summed E-state index contributed by atoms with van der Waals surface area (Å²) in [7, 11) is 0. The van der Waals surface area contributed by atoms with Crippen LogP contribution < -0.4 is 0 Å². The third-order valence-electron chi connectivity index (χ3n) is 4.83. The number of hydrogen-bond acceptors (Lipinski definition) is 2. The Morgan fingerprint density at radius 2 is 1.92 bits per heavy atom. The standard InChI is InChI=1S/C19H15Cl2FN2O2/c20-12-3-6-15-14(9-12)16(21)17(23-15)18(25)24-8-7-19(26,10-24)11-1-4-13(22)5-2-11/h1-6,9,23,26H,7-8,10H2. The Kier molecular flexibility index (Phi) is 4.18. The summed E-state index contributed by atoms with van der Waals surface area (Å²) in [6, 6.07) is 10.9. The first kappa shape index (κ1) is 17.3. The van der Waals surface area contributed by atoms with Gasteiger partial charge in [-0.1, -0.05) is 35.3 Å². The Balaban J connectivity index is 1.62. The van der Waals surface area contributed by atoms with Gasteiger partial charge in [-0.25, -0.2) is 4.39 Å². The minimum absolute atomic E-state index is 0.115. The summed E-state index contributed by atoms with van der Waals surface area (Å²) >= 11 is 12.4. The van der Waals surface area contributed by atoms with Gasteiger partial charge in [0.2, 0.25) is 0 Å². The number of nitrogens with zero attached hydrogens (tertiary/aromatic N) is 1. The average Bonchev–Trinajstić information content (AvgIpc) is 3.17. The molecule has 1 unspecified atom stereocenters. The van der Waals surface area contributed by atoms with E-state index in [0.29, 0.717) is 34.0 Å². The van der Waals surface area contributed by atoms with Crippen LogP contribution in [0.5, 0.6) is 0 Å². The van der Waals surface area contributed by atoms with Crippen LogP contribution in [0.1, 0.15) is 22.5 Å². The molecule has 2 aromatic carbocycles. The molecule has 0 aliphatic carbocycles. The van der Waals surface area contributed by atoms with Gasteiger partial charge in [0.05, 0.1) is 11.6 Å². The molecule has 0 radical (unpaired) electrons. The molecule has 1 amide bonds. The zero-order valence-corrected chi connectivity index (χ0v) is 15.1. The van der Waals surface area contributed by atoms with E-state index in [4.69, 9.17) is 23.2 Å². The zero-order valence-electron chi connectivity index (χ0n) is 13.6. The number of fused-ring (bicyclic) bond motifs is 1. The predicted molar refractivity (Wildman–Crippen MR) is 99.1 cm³/mol. The number of aromatic nitrogens is 1. The lowest BCUT2D eigenvalue weighted by molar-refractivity contribution is 0.0415. The minimum Gasteiger partial charge on any atom is -0.383 e. The zero-order chi connectivity index (χ0) is 18.5. The second kappa shape index (κ2) is 6.27. The molecule has 2 N–H and O–H groups in total. The molecule has 1 saturated heterocycles. The summed E-state index contributed by atoms with van der Waals surface area (Å²) in [5.41, 5.74) is 0.372. The Morgan fingerprint density at radius 3 is 2.65 bits per heavy atom. The third kappa shape index (κ3) is 2.86. The molecule has 1 aliphatic heterocycles. The van der Waals surface area contributed by atoms with Gasteiger partial charge in [0.1, 0.15) is 17.1 Å². The van der Waals surface area contributed by atoms with E-state index in [1.54, 1.807) is 35.2 Å². The molecule has 26 heavy (non-hydrogen) atoms. The molecule has 3 aromatic rings. The molecule has 2 heterocycles. The van der Waals surface area contributed by atoms with Crippen molar-refractivity contribution in [1.29, 1.82) is 0 Å². The molecule has 1 aliphatic rings. The monoisotopic (exact) mass is 392 g/mol. The van der Waals surface area contributed by atoms with E-state index in [1.807, 2.05) is 0 Å². The summed E-state index contributed by atoms with van der Waals surface area (Å²) in [6.45, 7) is 0.489. The van der Waals surface area contributed by atoms with Crippen molar-refractivity contribution < 1.29 is 14.3 Å². The Morgan fingerprint density at radius 1 is 1.19 bits per heavy atom. The second-order valence-corrected chi connectivity index (χ2v) is 7.33. The number of β-amino-alcohol motifs (C(OH)–C–C–N with tert-alkyl or cyclic N) is 1. The third-order valence-corrected chi connectivity index (χ3v) is 5.46. The van der Waals surface area contributed by atoms with E-state index in [9.17, 15) is 14.3 Å². The summed E-state index contributed by atoms with van der Waals surface area (Å²) in [5.74, 6) is -0.660. The van der Waals surface area contributed by atoms with Gasteiger partial charge in [-0.15, -0.1) is 0 Å². The van der Waals surface area contributed by atoms with Gasteiger partial charge >= 0.3 is 0 Å². The Bertz CT molecular complexity index is 1000. The highest BCUT2D eigenvalue weighted by Gasteiger charge is 2.40. The van der Waals surface area contributed by atoms with Crippen LogP contribution in [0.2, 0.25) is 10.0 Å². The molecule has 4 rings (SSSR count). The number of aromatic amines is 1. The molecule has 134 valence electrons. The topological polar surface area (TPSA) is 56.3 Å². The average molecular weight is 393 g/mol. The number of benzene rings is 2. The smallest absolute Gasteiger partial charge is 0.271 e. The predicted octanol–water partition coefficient (Wildman–Crippen LogP) is 4.35. The first-order valence-corrected chi connectivity index (χ1v) is 8.87. The lowest BCUT2D eigenvalue weighted by Gasteiger charge is -2.23. The summed E-state index contributed by atoms with van der Waals surface area (Å²) in [6.07, 6.45) is 0.369. The highest BCUT2D eigenvalue weighted by molar-refractivity contribution is 6.39. The quantitative estimate of drug-likeness (QED) is 0.680. The molecule has 1 fully saturated rings. The summed E-state index contributed by atoms with van der Waals surface area (Å²) in [4.78, 5) is 17.5. The van der Waals surface area contributed by atoms with E-state index >= 15 is 0 Å². The molecule has 4 nitrogen and oxygen atoms in total. The Hall–Kier alpha value is -2.08. The maximum atomic E-state index is 13.1. The van der Waals surface area contributed by atoms with Crippen molar-refractivity contribution in [3.05, 3.63) is 69.6 Å². The van der Waals surface area contributed by atoms with Crippen molar-refractivity contribution in [1.82, 2.24) is 9.88 Å². The number of rotatable bonds is 2. The fourth-order valence-corrected chi connectivity index (χ4v) is 3.86. The van der Waals surface area contributed by atoms with Crippen LogP contribution in [0.4, 0.5) is 4.39 Å². The first-order chi connectivity index (χ1) is 12.4. The second-order valence-electron chi connectivity index (χ2n) is 6.52. The van der Waals surface area contributed by atoms with Crippen molar-refractivity contribution in [2.75, 3.05) is 13.1 Å². The molecule has 0 bridgehead atoms. The Labute approximate surface area is 159 Å². The van der Waals surface area contributed by atoms with Crippen LogP contribution >= 0.6 is 23.2 Å². The first-order valence-electron chi connectivity index (χ1n) is 8.12. The maximum Gasteiger partial charge on any atom is 0.271 e. The van der Waals surface area contributed by atoms with E-state index in [-0.39, 0.29) is 24.0 Å². The van der Waals surface area contributed by atoms with Crippen molar-refractivity contribution in [2.24, 2.45) is 0 Å². The van der Waals surface area contributed by atoms with Gasteiger partial charge in [-0.3, -0.25) is 4.79 Å². The number of halogens is 3. The number of H-pyrrole nitrogens is 1. The summed E-state index contributed by atoms with van der Waals surface area (Å²) < 4.78 is 13.1. The molecule has 0 saturated carbocycles. The van der Waals surface area contributed by atoms with Gasteiger partial charge in [-0.2, -0.15) is 0 Å². The molecule has 0 spiro atoms. The molecular formula is C19H15Cl2FN2O2. The van der Waals surface area contributed by atoms with Gasteiger partial charge in [0.15, 0.2) is 0 Å². The van der Waals surface area contributed by atoms with E-state index in [2.05, 4.69) is 4.98 Å². The molecule has 1 atom stereocenters. The fourth-order valence-electron chi connectivity index (χ4n) is 3.40. The number of carbonyl (C=O) groups is 1. The highest BCUT2D eigenvalue weighted by atomic mass is 35.5. The number of carbonyl (C=O) groups excluding carboxylic acids is 1. The maximum absolute atomic E-state index is 13.1. The van der Waals surface area contributed by atoms with Crippen LogP contribution in [0, 0.1) is 5.82 Å². The van der Waals surface area contributed by atoms with Crippen LogP contribution in [0.3, 0.4) is 0 Å². The number of amides is 1. The van der Waals surface area contributed by atoms with E-state index in [1.165, 1.54) is 12.1 Å². The number of likely N-dealkylation sites (tertiary alicyclic amines) is 1. The molecule has 7 heteroatoms. The SMILES string of the molecule is O=C(c1[nH]c2ccc(Cl)cc2c1Cl)N1CCC(O)(c2ccc(F)cc2)C1. The van der Waals surface area contributed by atoms with Crippen molar-refractivity contribution in [2.45, 2.75) is 12.0 Å². The summed E-state index contributed by atoms with van der Waals surface area (Å²) in [5, 5.41) is 12.4. The number of aliphatic hydroxyl groups is 1. The van der Waals surface area contributed by atoms with Crippen molar-refractivity contribution in [3.63, 3.8) is 0 Å². The highest BCUT2D eigenvalue weighted by Crippen LogP contribution is 2.35. The van der Waals surface area contributed by atoms with Crippen LogP contribution in [0.25, 0.3) is 10.9 Å². The minimum atomic E-state index is -1.20. The molecule has 1 aromatic heterocycles.